The van der Waals surface area contributed by atoms with Crippen LogP contribution in [0.2, 0.25) is 0 Å². The second kappa shape index (κ2) is 8.37. The summed E-state index contributed by atoms with van der Waals surface area (Å²) in [6.07, 6.45) is 1.70. The van der Waals surface area contributed by atoms with E-state index in [1.807, 2.05) is 0 Å². The van der Waals surface area contributed by atoms with Crippen LogP contribution in [0.1, 0.15) is 24.3 Å². The number of alkyl halides is 2. The lowest BCUT2D eigenvalue weighted by Gasteiger charge is -2.50. The zero-order valence-corrected chi connectivity index (χ0v) is 21.9. The number of nitro groups is 1. The number of rotatable bonds is 3. The molecule has 4 aliphatic rings. The molecule has 0 aromatic heterocycles. The molecule has 2 heterocycles. The molecule has 10 nitrogen and oxygen atoms in total. The minimum absolute atomic E-state index is 0.0716. The Labute approximate surface area is 231 Å². The first-order valence-electron chi connectivity index (χ1n) is 12.2. The first-order chi connectivity index (χ1) is 18.4. The zero-order valence-electron chi connectivity index (χ0n) is 20.4. The highest BCUT2D eigenvalue weighted by atomic mass is 35.5. The number of carbonyl (C=O) groups excluding carboxylic acids is 4. The molecule has 12 heteroatoms. The van der Waals surface area contributed by atoms with Crippen LogP contribution in [-0.2, 0) is 19.2 Å². The van der Waals surface area contributed by atoms with Gasteiger partial charge in [0.05, 0.1) is 22.4 Å². The number of hydrogen-bond donors (Lipinski definition) is 1. The molecule has 0 bridgehead atoms. The van der Waals surface area contributed by atoms with E-state index in [9.17, 15) is 34.4 Å². The minimum atomic E-state index is -1.99. The van der Waals surface area contributed by atoms with Crippen molar-refractivity contribution >= 4 is 58.2 Å². The number of likely N-dealkylation sites (tertiary alicyclic amines) is 1. The summed E-state index contributed by atoms with van der Waals surface area (Å²) in [5.41, 5.74) is 0.615. The van der Waals surface area contributed by atoms with Crippen molar-refractivity contribution < 1.29 is 29.2 Å². The normalized spacial score (nSPS) is 33.6. The van der Waals surface area contributed by atoms with E-state index < -0.39 is 62.0 Å². The average molecular weight is 570 g/mol. The van der Waals surface area contributed by atoms with E-state index in [4.69, 9.17) is 23.2 Å². The number of carbonyl (C=O) groups is 4. The molecule has 6 atom stereocenters. The number of phenols is 1. The number of halogens is 2. The van der Waals surface area contributed by atoms with Crippen LogP contribution in [0.4, 0.5) is 11.4 Å². The highest BCUT2D eigenvalue weighted by Gasteiger charge is 2.76. The van der Waals surface area contributed by atoms with Crippen LogP contribution < -0.4 is 4.90 Å². The lowest BCUT2D eigenvalue weighted by Crippen LogP contribution is -2.60. The minimum Gasteiger partial charge on any atom is -0.508 e. The van der Waals surface area contributed by atoms with E-state index >= 15 is 0 Å². The highest BCUT2D eigenvalue weighted by Crippen LogP contribution is 2.66. The fourth-order valence-corrected chi connectivity index (χ4v) is 7.83. The van der Waals surface area contributed by atoms with Gasteiger partial charge in [0, 0.05) is 30.7 Å². The van der Waals surface area contributed by atoms with Crippen molar-refractivity contribution in [3.8, 4) is 5.75 Å². The summed E-state index contributed by atoms with van der Waals surface area (Å²) in [6.45, 7) is 0. The van der Waals surface area contributed by atoms with Crippen LogP contribution >= 0.6 is 23.2 Å². The number of nitro benzene ring substituents is 1. The highest BCUT2D eigenvalue weighted by molar-refractivity contribution is 6.53. The van der Waals surface area contributed by atoms with Crippen molar-refractivity contribution in [2.24, 2.45) is 17.8 Å². The lowest BCUT2D eigenvalue weighted by molar-refractivity contribution is -0.384. The third kappa shape index (κ3) is 3.15. The van der Waals surface area contributed by atoms with Gasteiger partial charge in [-0.1, -0.05) is 35.9 Å². The van der Waals surface area contributed by atoms with Crippen molar-refractivity contribution in [2.75, 3.05) is 11.9 Å². The van der Waals surface area contributed by atoms with E-state index in [-0.39, 0.29) is 35.5 Å². The predicted molar refractivity (Wildman–Crippen MR) is 139 cm³/mol. The maximum Gasteiger partial charge on any atom is 0.271 e. The van der Waals surface area contributed by atoms with E-state index in [0.717, 1.165) is 15.9 Å². The number of imide groups is 2. The Balaban J connectivity index is 1.51. The summed E-state index contributed by atoms with van der Waals surface area (Å²) in [4.78, 5) is 62.9. The topological polar surface area (TPSA) is 138 Å². The molecule has 2 aromatic carbocycles. The smallest absolute Gasteiger partial charge is 0.271 e. The zero-order chi connectivity index (χ0) is 28.0. The van der Waals surface area contributed by atoms with Crippen LogP contribution in [0.3, 0.4) is 0 Å². The number of para-hydroxylation sites is 1. The van der Waals surface area contributed by atoms with Crippen molar-refractivity contribution in [2.45, 2.75) is 28.5 Å². The summed E-state index contributed by atoms with van der Waals surface area (Å²) in [6, 6.07) is 11.5. The number of aromatic hydroxyl groups is 1. The largest absolute Gasteiger partial charge is 0.508 e. The third-order valence-corrected chi connectivity index (χ3v) is 9.97. The molecule has 3 fully saturated rings. The molecule has 2 aliphatic heterocycles. The van der Waals surface area contributed by atoms with Gasteiger partial charge >= 0.3 is 0 Å². The number of anilines is 1. The fourth-order valence-electron chi connectivity index (χ4n) is 6.82. The Morgan fingerprint density at radius 3 is 2.41 bits per heavy atom. The Hall–Kier alpha value is -3.76. The van der Waals surface area contributed by atoms with E-state index in [0.29, 0.717) is 5.57 Å². The maximum atomic E-state index is 13.9. The Bertz CT molecular complexity index is 1540. The molecule has 1 saturated carbocycles. The first kappa shape index (κ1) is 25.5. The van der Waals surface area contributed by atoms with E-state index in [1.54, 1.807) is 24.3 Å². The van der Waals surface area contributed by atoms with Gasteiger partial charge in [0.25, 0.3) is 17.5 Å². The second-order valence-electron chi connectivity index (χ2n) is 10.3. The summed E-state index contributed by atoms with van der Waals surface area (Å²) in [5.74, 6) is -6.27. The molecule has 2 saturated heterocycles. The molecule has 0 unspecified atom stereocenters. The van der Waals surface area contributed by atoms with Crippen LogP contribution in [-0.4, -0.2) is 55.4 Å². The summed E-state index contributed by atoms with van der Waals surface area (Å²) < 4.78 is 0. The molecule has 200 valence electrons. The molecule has 6 rings (SSSR count). The van der Waals surface area contributed by atoms with Gasteiger partial charge < -0.3 is 5.11 Å². The fraction of sp³-hybridized carbons (Fsp3) is 0.333. The number of phenolic OH excluding ortho intramolecular Hbond substituents is 1. The van der Waals surface area contributed by atoms with Gasteiger partial charge in [0.2, 0.25) is 11.8 Å². The number of fused-ring (bicyclic) bond motifs is 4. The summed E-state index contributed by atoms with van der Waals surface area (Å²) in [5, 5.41) is 22.1. The Morgan fingerprint density at radius 1 is 1.00 bits per heavy atom. The van der Waals surface area contributed by atoms with Crippen LogP contribution in [0.15, 0.2) is 60.2 Å². The molecule has 1 N–H and O–H groups in total. The van der Waals surface area contributed by atoms with Crippen molar-refractivity contribution in [1.82, 2.24) is 4.90 Å². The number of benzene rings is 2. The molecule has 4 amide bonds. The van der Waals surface area contributed by atoms with E-state index in [1.165, 1.54) is 31.3 Å². The van der Waals surface area contributed by atoms with Gasteiger partial charge in [-0.15, -0.1) is 23.2 Å². The molecule has 2 aromatic rings. The first-order valence-corrected chi connectivity index (χ1v) is 13.0. The SMILES string of the molecule is CN1C(=O)[C@]2(Cl)C[C@@H]3C(=CC[C@@H]4C(=O)N(c5cccc([N+](=O)[O-])c5)C(=O)[C@@H]43)[C@H](c3ccccc3O)[C@]2(Cl)C1=O. The van der Waals surface area contributed by atoms with Gasteiger partial charge in [-0.05, 0) is 30.9 Å². The molecule has 39 heavy (non-hydrogen) atoms. The van der Waals surface area contributed by atoms with Crippen molar-refractivity contribution in [3.63, 3.8) is 0 Å². The Kier molecular flexibility index (Phi) is 5.47. The maximum absolute atomic E-state index is 13.9. The quantitative estimate of drug-likeness (QED) is 0.196. The predicted octanol–water partition coefficient (Wildman–Crippen LogP) is 3.49. The lowest BCUT2D eigenvalue weighted by atomic mass is 9.56. The van der Waals surface area contributed by atoms with Gasteiger partial charge in [-0.3, -0.25) is 34.2 Å². The standard InChI is InChI=1S/C27H21Cl2N3O7/c1-30-24(36)26(28)12-18-15(21(27(26,29)25(30)37)16-7-2-3-8-19(16)33)9-10-17-20(18)23(35)31(22(17)34)13-5-4-6-14(11-13)32(38)39/h2-9,11,17-18,20-21,33H,10,12H2,1H3/t17-,18+,20-,21+,26+,27-/m0/s1. The van der Waals surface area contributed by atoms with Crippen LogP contribution in [0.5, 0.6) is 5.75 Å². The molecule has 0 radical (unpaired) electrons. The van der Waals surface area contributed by atoms with Gasteiger partial charge in [-0.25, -0.2) is 4.90 Å². The van der Waals surface area contributed by atoms with Gasteiger partial charge in [-0.2, -0.15) is 0 Å². The summed E-state index contributed by atoms with van der Waals surface area (Å²) >= 11 is 14.1. The molecule has 2 aliphatic carbocycles. The van der Waals surface area contributed by atoms with Crippen molar-refractivity contribution in [3.05, 3.63) is 75.9 Å². The van der Waals surface area contributed by atoms with Gasteiger partial charge in [0.15, 0.2) is 9.75 Å². The number of hydrogen-bond acceptors (Lipinski definition) is 7. The molecular weight excluding hydrogens is 549 g/mol. The number of nitrogens with zero attached hydrogens (tertiary/aromatic N) is 3. The van der Waals surface area contributed by atoms with Crippen molar-refractivity contribution in [1.29, 1.82) is 0 Å². The molecule has 0 spiro atoms. The number of non-ortho nitro benzene ring substituents is 1. The van der Waals surface area contributed by atoms with Crippen LogP contribution in [0.25, 0.3) is 0 Å². The third-order valence-electron chi connectivity index (χ3n) is 8.56. The average Bonchev–Trinajstić information content (AvgIpc) is 3.24. The molecular formula is C27H21Cl2N3O7. The monoisotopic (exact) mass is 569 g/mol. The number of amides is 4. The van der Waals surface area contributed by atoms with E-state index in [2.05, 4.69) is 0 Å². The summed E-state index contributed by atoms with van der Waals surface area (Å²) in [7, 11) is 1.29. The Morgan fingerprint density at radius 2 is 1.72 bits per heavy atom. The second-order valence-corrected chi connectivity index (χ2v) is 11.6. The van der Waals surface area contributed by atoms with Crippen LogP contribution in [0, 0.1) is 27.9 Å². The number of allylic oxidation sites excluding steroid dienone is 2. The van der Waals surface area contributed by atoms with Gasteiger partial charge in [0.1, 0.15) is 5.75 Å².